The SMILES string of the molecule is C[C@H](NC(=O)CSc1nnc(N2CCCC2)n1-c1ccccc1Cl)C1CC1. The number of carbonyl (C=O) groups is 1. The molecule has 1 saturated heterocycles. The highest BCUT2D eigenvalue weighted by atomic mass is 35.5. The number of carbonyl (C=O) groups excluding carboxylic acids is 1. The molecular weight excluding hydrogens is 382 g/mol. The third kappa shape index (κ3) is 4.24. The third-order valence-electron chi connectivity index (χ3n) is 5.15. The van der Waals surface area contributed by atoms with Gasteiger partial charge in [0.15, 0.2) is 5.16 Å². The minimum Gasteiger partial charge on any atom is -0.353 e. The number of rotatable bonds is 7. The average molecular weight is 406 g/mol. The topological polar surface area (TPSA) is 63.1 Å². The Morgan fingerprint density at radius 2 is 2.04 bits per heavy atom. The second kappa shape index (κ2) is 8.10. The van der Waals surface area contributed by atoms with E-state index < -0.39 is 0 Å². The van der Waals surface area contributed by atoms with Crippen LogP contribution < -0.4 is 10.2 Å². The molecule has 2 heterocycles. The molecule has 4 rings (SSSR count). The number of thioether (sulfide) groups is 1. The fraction of sp³-hybridized carbons (Fsp3) is 0.526. The van der Waals surface area contributed by atoms with Crippen molar-refractivity contribution in [3.05, 3.63) is 29.3 Å². The van der Waals surface area contributed by atoms with Crippen molar-refractivity contribution in [3.8, 4) is 5.69 Å². The molecule has 1 aromatic heterocycles. The minimum absolute atomic E-state index is 0.0378. The summed E-state index contributed by atoms with van der Waals surface area (Å²) >= 11 is 7.86. The summed E-state index contributed by atoms with van der Waals surface area (Å²) in [4.78, 5) is 14.5. The number of halogens is 1. The molecule has 1 aliphatic heterocycles. The highest BCUT2D eigenvalue weighted by Crippen LogP contribution is 2.33. The summed E-state index contributed by atoms with van der Waals surface area (Å²) in [5, 5.41) is 13.2. The number of nitrogens with one attached hydrogen (secondary N) is 1. The van der Waals surface area contributed by atoms with Gasteiger partial charge in [-0.25, -0.2) is 0 Å². The van der Waals surface area contributed by atoms with Gasteiger partial charge in [0.1, 0.15) is 0 Å². The van der Waals surface area contributed by atoms with Crippen LogP contribution in [0.2, 0.25) is 5.02 Å². The van der Waals surface area contributed by atoms with Crippen molar-refractivity contribution in [3.63, 3.8) is 0 Å². The molecule has 1 atom stereocenters. The summed E-state index contributed by atoms with van der Waals surface area (Å²) in [6.45, 7) is 4.01. The van der Waals surface area contributed by atoms with Crippen molar-refractivity contribution >= 4 is 35.2 Å². The van der Waals surface area contributed by atoms with Gasteiger partial charge in [-0.15, -0.1) is 10.2 Å². The fourth-order valence-electron chi connectivity index (χ4n) is 3.46. The van der Waals surface area contributed by atoms with E-state index >= 15 is 0 Å². The van der Waals surface area contributed by atoms with E-state index in [4.69, 9.17) is 11.6 Å². The van der Waals surface area contributed by atoms with Crippen LogP contribution in [0.1, 0.15) is 32.6 Å². The first kappa shape index (κ1) is 18.6. The van der Waals surface area contributed by atoms with Crippen LogP contribution in [-0.4, -0.2) is 45.6 Å². The molecule has 0 spiro atoms. The van der Waals surface area contributed by atoms with Crippen LogP contribution >= 0.6 is 23.4 Å². The van der Waals surface area contributed by atoms with E-state index in [9.17, 15) is 4.79 Å². The monoisotopic (exact) mass is 405 g/mol. The summed E-state index contributed by atoms with van der Waals surface area (Å²) < 4.78 is 1.98. The summed E-state index contributed by atoms with van der Waals surface area (Å²) in [5.74, 6) is 1.80. The van der Waals surface area contributed by atoms with E-state index in [2.05, 4.69) is 27.3 Å². The number of amides is 1. The highest BCUT2D eigenvalue weighted by Gasteiger charge is 2.29. The summed E-state index contributed by atoms with van der Waals surface area (Å²) in [5.41, 5.74) is 0.848. The van der Waals surface area contributed by atoms with E-state index in [1.54, 1.807) is 0 Å². The van der Waals surface area contributed by atoms with E-state index in [1.165, 1.54) is 24.6 Å². The maximum absolute atomic E-state index is 12.3. The van der Waals surface area contributed by atoms with Crippen molar-refractivity contribution in [2.45, 2.75) is 43.8 Å². The number of nitrogens with zero attached hydrogens (tertiary/aromatic N) is 4. The normalized spacial score (nSPS) is 17.9. The first-order chi connectivity index (χ1) is 13.1. The molecule has 1 saturated carbocycles. The number of benzene rings is 1. The van der Waals surface area contributed by atoms with Crippen LogP contribution in [0.3, 0.4) is 0 Å². The molecule has 2 aromatic rings. The fourth-order valence-corrected chi connectivity index (χ4v) is 4.43. The van der Waals surface area contributed by atoms with Crippen LogP contribution in [0.5, 0.6) is 0 Å². The standard InChI is InChI=1S/C19H24ClN5OS/c1-13(14-8-9-14)21-17(26)12-27-19-23-22-18(24-10-4-5-11-24)25(19)16-7-3-2-6-15(16)20/h2-3,6-7,13-14H,4-5,8-12H2,1H3,(H,21,26)/t13-/m0/s1. The van der Waals surface area contributed by atoms with Gasteiger partial charge in [-0.05, 0) is 50.7 Å². The highest BCUT2D eigenvalue weighted by molar-refractivity contribution is 7.99. The largest absolute Gasteiger partial charge is 0.353 e. The Morgan fingerprint density at radius 1 is 1.30 bits per heavy atom. The number of hydrogen-bond donors (Lipinski definition) is 1. The molecule has 2 aliphatic rings. The molecule has 1 aliphatic carbocycles. The van der Waals surface area contributed by atoms with Gasteiger partial charge in [0.05, 0.1) is 16.5 Å². The Morgan fingerprint density at radius 3 is 2.74 bits per heavy atom. The van der Waals surface area contributed by atoms with Crippen LogP contribution in [0.4, 0.5) is 5.95 Å². The lowest BCUT2D eigenvalue weighted by Gasteiger charge is -2.19. The Hall–Kier alpha value is -1.73. The molecule has 2 fully saturated rings. The lowest BCUT2D eigenvalue weighted by molar-refractivity contribution is -0.119. The molecule has 8 heteroatoms. The quantitative estimate of drug-likeness (QED) is 0.714. The zero-order valence-corrected chi connectivity index (χ0v) is 17.0. The molecule has 1 aromatic carbocycles. The molecule has 6 nitrogen and oxygen atoms in total. The molecule has 1 amide bonds. The first-order valence-corrected chi connectivity index (χ1v) is 10.9. The third-order valence-corrected chi connectivity index (χ3v) is 6.40. The number of para-hydroxylation sites is 1. The Kier molecular flexibility index (Phi) is 5.59. The van der Waals surface area contributed by atoms with Crippen molar-refractivity contribution < 1.29 is 4.79 Å². The maximum Gasteiger partial charge on any atom is 0.232 e. The van der Waals surface area contributed by atoms with Crippen LogP contribution in [0.25, 0.3) is 5.69 Å². The smallest absolute Gasteiger partial charge is 0.232 e. The van der Waals surface area contributed by atoms with Gasteiger partial charge in [0.25, 0.3) is 0 Å². The molecular formula is C19H24ClN5OS. The molecule has 144 valence electrons. The Balaban J connectivity index is 1.54. The summed E-state index contributed by atoms with van der Waals surface area (Å²) in [6.07, 6.45) is 4.74. The van der Waals surface area contributed by atoms with Gasteiger partial charge >= 0.3 is 0 Å². The number of anilines is 1. The average Bonchev–Trinajstić information content (AvgIpc) is 3.21. The summed E-state index contributed by atoms with van der Waals surface area (Å²) in [6, 6.07) is 7.94. The zero-order valence-electron chi connectivity index (χ0n) is 15.4. The Bertz CT molecular complexity index is 816. The van der Waals surface area contributed by atoms with E-state index in [1.807, 2.05) is 28.8 Å². The summed E-state index contributed by atoms with van der Waals surface area (Å²) in [7, 11) is 0. The molecule has 0 radical (unpaired) electrons. The molecule has 1 N–H and O–H groups in total. The van der Waals surface area contributed by atoms with Crippen LogP contribution in [0, 0.1) is 5.92 Å². The lowest BCUT2D eigenvalue weighted by atomic mass is 10.2. The minimum atomic E-state index is 0.0378. The first-order valence-electron chi connectivity index (χ1n) is 9.51. The van der Waals surface area contributed by atoms with Gasteiger partial charge in [-0.2, -0.15) is 0 Å². The van der Waals surface area contributed by atoms with Gasteiger partial charge < -0.3 is 10.2 Å². The number of hydrogen-bond acceptors (Lipinski definition) is 5. The van der Waals surface area contributed by atoms with Crippen molar-refractivity contribution in [1.82, 2.24) is 20.1 Å². The van der Waals surface area contributed by atoms with Crippen molar-refractivity contribution in [1.29, 1.82) is 0 Å². The van der Waals surface area contributed by atoms with E-state index in [0.29, 0.717) is 21.8 Å². The van der Waals surface area contributed by atoms with Crippen LogP contribution in [0.15, 0.2) is 29.4 Å². The molecule has 0 unspecified atom stereocenters. The second-order valence-electron chi connectivity index (χ2n) is 7.25. The Labute approximate surface area is 168 Å². The predicted octanol–water partition coefficient (Wildman–Crippen LogP) is 3.53. The van der Waals surface area contributed by atoms with Crippen molar-refractivity contribution in [2.75, 3.05) is 23.7 Å². The zero-order chi connectivity index (χ0) is 18.8. The van der Waals surface area contributed by atoms with E-state index in [0.717, 1.165) is 37.6 Å². The molecule has 0 bridgehead atoms. The van der Waals surface area contributed by atoms with E-state index in [-0.39, 0.29) is 11.9 Å². The lowest BCUT2D eigenvalue weighted by Crippen LogP contribution is -2.35. The van der Waals surface area contributed by atoms with Gasteiger partial charge in [-0.3, -0.25) is 9.36 Å². The van der Waals surface area contributed by atoms with Crippen molar-refractivity contribution in [2.24, 2.45) is 5.92 Å². The van der Waals surface area contributed by atoms with Gasteiger partial charge in [-0.1, -0.05) is 35.5 Å². The predicted molar refractivity (Wildman–Crippen MR) is 109 cm³/mol. The van der Waals surface area contributed by atoms with Gasteiger partial charge in [0.2, 0.25) is 11.9 Å². The molecule has 27 heavy (non-hydrogen) atoms. The second-order valence-corrected chi connectivity index (χ2v) is 8.60. The van der Waals surface area contributed by atoms with Crippen LogP contribution in [-0.2, 0) is 4.79 Å². The maximum atomic E-state index is 12.3. The van der Waals surface area contributed by atoms with Gasteiger partial charge in [0, 0.05) is 19.1 Å². The number of aromatic nitrogens is 3.